The molecule has 11 atom stereocenters. The Morgan fingerprint density at radius 1 is 1.02 bits per heavy atom. The molecule has 6 rings (SSSR count). The number of amides is 1. The molecular formula is C38H54F3NO8S. The average Bonchev–Trinajstić information content (AvgIpc) is 3.40. The number of sulfonamides is 1. The number of fused-ring (bicyclic) bond motifs is 6. The Morgan fingerprint density at radius 3 is 2.39 bits per heavy atom. The van der Waals surface area contributed by atoms with Gasteiger partial charge in [0.15, 0.2) is 0 Å². The predicted molar refractivity (Wildman–Crippen MR) is 182 cm³/mol. The molecule has 0 bridgehead atoms. The minimum absolute atomic E-state index is 0.0272. The summed E-state index contributed by atoms with van der Waals surface area (Å²) in [7, 11) is -4.16. The summed E-state index contributed by atoms with van der Waals surface area (Å²) in [6.45, 7) is 12.6. The Kier molecular flexibility index (Phi) is 10.0. The summed E-state index contributed by atoms with van der Waals surface area (Å²) in [5.74, 6) is -1.10. The number of carbonyl (C=O) groups is 2. The third kappa shape index (κ3) is 6.99. The first-order valence-corrected chi connectivity index (χ1v) is 20.2. The van der Waals surface area contributed by atoms with E-state index in [0.717, 1.165) is 37.7 Å². The highest BCUT2D eigenvalue weighted by molar-refractivity contribution is 7.90. The van der Waals surface area contributed by atoms with Crippen LogP contribution in [0.25, 0.3) is 0 Å². The van der Waals surface area contributed by atoms with E-state index in [4.69, 9.17) is 14.2 Å². The lowest BCUT2D eigenvalue weighted by Crippen LogP contribution is -2.62. The van der Waals surface area contributed by atoms with Crippen molar-refractivity contribution in [2.75, 3.05) is 6.61 Å². The lowest BCUT2D eigenvalue weighted by Gasteiger charge is -2.64. The van der Waals surface area contributed by atoms with Gasteiger partial charge in [0.25, 0.3) is 10.0 Å². The maximum Gasteiger partial charge on any atom is 0.490 e. The van der Waals surface area contributed by atoms with Gasteiger partial charge in [-0.25, -0.2) is 22.7 Å². The molecule has 1 amide bonds. The first kappa shape index (κ1) is 38.2. The van der Waals surface area contributed by atoms with Gasteiger partial charge in [0, 0.05) is 0 Å². The van der Waals surface area contributed by atoms with E-state index in [1.54, 1.807) is 12.1 Å². The van der Waals surface area contributed by atoms with Crippen molar-refractivity contribution in [3.05, 3.63) is 23.8 Å². The molecule has 4 aliphatic carbocycles. The van der Waals surface area contributed by atoms with Gasteiger partial charge in [0.2, 0.25) is 0 Å². The number of aliphatic hydroxyl groups is 1. The number of esters is 1. The van der Waals surface area contributed by atoms with Crippen molar-refractivity contribution in [2.24, 2.45) is 52.3 Å². The van der Waals surface area contributed by atoms with Crippen molar-refractivity contribution < 1.29 is 50.5 Å². The van der Waals surface area contributed by atoms with Crippen LogP contribution in [0.5, 0.6) is 5.75 Å². The molecule has 1 aromatic carbocycles. The third-order valence-electron chi connectivity index (χ3n) is 14.1. The highest BCUT2D eigenvalue weighted by atomic mass is 32.2. The first-order chi connectivity index (χ1) is 23.7. The Hall–Kier alpha value is -2.54. The number of hydrogen-bond acceptors (Lipinski definition) is 8. The lowest BCUT2D eigenvalue weighted by atomic mass is 9.41. The van der Waals surface area contributed by atoms with Gasteiger partial charge in [0.05, 0.1) is 17.6 Å². The second kappa shape index (κ2) is 13.4. The van der Waals surface area contributed by atoms with E-state index in [-0.39, 0.29) is 69.4 Å². The van der Waals surface area contributed by atoms with Gasteiger partial charge in [-0.15, -0.1) is 0 Å². The Bertz CT molecular complexity index is 1620. The van der Waals surface area contributed by atoms with Gasteiger partial charge in [-0.05, 0) is 148 Å². The predicted octanol–water partition coefficient (Wildman–Crippen LogP) is 7.58. The summed E-state index contributed by atoms with van der Waals surface area (Å²) in [4.78, 5) is 24.5. The molecule has 4 fully saturated rings. The molecule has 13 heteroatoms. The molecule has 0 aromatic heterocycles. The lowest BCUT2D eigenvalue weighted by molar-refractivity contribution is -0.223. The monoisotopic (exact) mass is 741 g/mol. The molecule has 9 nitrogen and oxygen atoms in total. The van der Waals surface area contributed by atoms with Crippen LogP contribution < -0.4 is 9.46 Å². The number of aliphatic hydroxyl groups excluding tert-OH is 1. The summed E-state index contributed by atoms with van der Waals surface area (Å²) >= 11 is 0. The van der Waals surface area contributed by atoms with Crippen molar-refractivity contribution in [1.82, 2.24) is 4.72 Å². The largest absolute Gasteiger partial charge is 0.490 e. The van der Waals surface area contributed by atoms with Crippen LogP contribution >= 0.6 is 0 Å². The van der Waals surface area contributed by atoms with E-state index in [1.807, 2.05) is 27.7 Å². The molecular weight excluding hydrogens is 687 g/mol. The Labute approximate surface area is 299 Å². The zero-order valence-electron chi connectivity index (χ0n) is 30.6. The van der Waals surface area contributed by atoms with E-state index in [0.29, 0.717) is 37.9 Å². The van der Waals surface area contributed by atoms with Crippen LogP contribution in [0.1, 0.15) is 105 Å². The van der Waals surface area contributed by atoms with Gasteiger partial charge < -0.3 is 19.3 Å². The SMILES string of the molecule is CC[C@@H]1C2CC(OC(=O)C(F)(F)F)CCC2(C)[C@H]2CCC3(C)[C@@H]([C@H](C)COC(=O)NS(=O)(=O)c4ccc5c(c4)CCC(C)(C)O5)CC[C@H]3C2[C@@H]1O. The molecule has 0 spiro atoms. The fourth-order valence-electron chi connectivity index (χ4n) is 11.6. The molecule has 0 radical (unpaired) electrons. The number of alkyl halides is 3. The average molecular weight is 742 g/mol. The van der Waals surface area contributed by atoms with Crippen LogP contribution in [0.4, 0.5) is 18.0 Å². The highest BCUT2D eigenvalue weighted by Gasteiger charge is 2.65. The first-order valence-electron chi connectivity index (χ1n) is 18.7. The maximum absolute atomic E-state index is 13.1. The minimum Gasteiger partial charge on any atom is -0.488 e. The van der Waals surface area contributed by atoms with Crippen LogP contribution in [0, 0.1) is 52.3 Å². The van der Waals surface area contributed by atoms with Crippen LogP contribution in [-0.2, 0) is 30.7 Å². The quantitative estimate of drug-likeness (QED) is 0.274. The van der Waals surface area contributed by atoms with Crippen LogP contribution in [0.3, 0.4) is 0 Å². The zero-order valence-corrected chi connectivity index (χ0v) is 31.4. The Balaban J connectivity index is 1.09. The van der Waals surface area contributed by atoms with Gasteiger partial charge in [-0.2, -0.15) is 13.2 Å². The van der Waals surface area contributed by atoms with E-state index in [9.17, 15) is 36.3 Å². The molecule has 1 aliphatic heterocycles. The number of hydrogen-bond donors (Lipinski definition) is 2. The topological polar surface area (TPSA) is 128 Å². The molecule has 1 heterocycles. The number of halogens is 3. The smallest absolute Gasteiger partial charge is 0.488 e. The minimum atomic E-state index is -5.03. The standard InChI is InChI=1S/C38H54F3NO8S/c1-7-25-29-19-23(49-33(44)38(39,40)41)13-16-37(29,6)28-14-17-36(5)26(9-10-27(36)31(28)32(25)43)21(2)20-48-34(45)42-51(46,47)24-8-11-30-22(18-24)12-15-35(3,4)50-30/h8,11,18,21,23,25-29,31-32,43H,7,9-10,12-17,19-20H2,1-6H3,(H,42,45)/t21-,23?,25-,26-,27+,28+,29?,31?,32-,36?,37?/m1/s1. The van der Waals surface area contributed by atoms with Crippen molar-refractivity contribution in [1.29, 1.82) is 0 Å². The summed E-state index contributed by atoms with van der Waals surface area (Å²) in [6.07, 6.45) is -0.485. The van der Waals surface area contributed by atoms with Crippen molar-refractivity contribution in [3.8, 4) is 5.75 Å². The summed E-state index contributed by atoms with van der Waals surface area (Å²) in [5.41, 5.74) is 0.120. The molecule has 286 valence electrons. The van der Waals surface area contributed by atoms with Gasteiger partial charge in [-0.1, -0.05) is 34.1 Å². The third-order valence-corrected chi connectivity index (χ3v) is 15.4. The Morgan fingerprint density at radius 2 is 1.71 bits per heavy atom. The van der Waals surface area contributed by atoms with Gasteiger partial charge in [0.1, 0.15) is 17.5 Å². The number of rotatable bonds is 7. The molecule has 2 N–H and O–H groups in total. The summed E-state index contributed by atoms with van der Waals surface area (Å²) < 4.78 is 83.7. The molecule has 0 saturated heterocycles. The number of carbonyl (C=O) groups excluding carboxylic acids is 2. The highest BCUT2D eigenvalue weighted by Crippen LogP contribution is 2.69. The number of aryl methyl sites for hydroxylation is 1. The molecule has 4 saturated carbocycles. The number of benzene rings is 1. The fourth-order valence-corrected chi connectivity index (χ4v) is 12.5. The second-order valence-corrected chi connectivity index (χ2v) is 19.0. The van der Waals surface area contributed by atoms with Crippen LogP contribution in [0.2, 0.25) is 0 Å². The van der Waals surface area contributed by atoms with E-state index in [2.05, 4.69) is 18.6 Å². The van der Waals surface area contributed by atoms with E-state index < -0.39 is 40.5 Å². The van der Waals surface area contributed by atoms with Gasteiger partial charge >= 0.3 is 18.2 Å². The van der Waals surface area contributed by atoms with Crippen molar-refractivity contribution in [2.45, 2.75) is 135 Å². The van der Waals surface area contributed by atoms with Crippen LogP contribution in [-0.4, -0.2) is 56.2 Å². The fraction of sp³-hybridized carbons (Fsp3) is 0.789. The summed E-state index contributed by atoms with van der Waals surface area (Å²) in [5, 5.41) is 12.0. The van der Waals surface area contributed by atoms with Crippen molar-refractivity contribution >= 4 is 22.1 Å². The maximum atomic E-state index is 13.1. The summed E-state index contributed by atoms with van der Waals surface area (Å²) in [6, 6.07) is 4.59. The molecule has 1 aromatic rings. The van der Waals surface area contributed by atoms with E-state index >= 15 is 0 Å². The van der Waals surface area contributed by atoms with Gasteiger partial charge in [-0.3, -0.25) is 0 Å². The zero-order chi connectivity index (χ0) is 37.3. The molecule has 5 aliphatic rings. The van der Waals surface area contributed by atoms with E-state index in [1.165, 1.54) is 6.07 Å². The van der Waals surface area contributed by atoms with Crippen molar-refractivity contribution in [3.63, 3.8) is 0 Å². The normalized spacial score (nSPS) is 37.8. The second-order valence-electron chi connectivity index (χ2n) is 17.3. The number of ether oxygens (including phenoxy) is 3. The molecule has 5 unspecified atom stereocenters. The molecule has 51 heavy (non-hydrogen) atoms. The van der Waals surface area contributed by atoms with Crippen LogP contribution in [0.15, 0.2) is 23.1 Å². The number of nitrogens with one attached hydrogen (secondary N) is 1.